The van der Waals surface area contributed by atoms with Crippen LogP contribution in [0.15, 0.2) is 48.5 Å². The van der Waals surface area contributed by atoms with E-state index in [4.69, 9.17) is 10.1 Å². The Kier molecular flexibility index (Phi) is 5.73. The second-order valence-electron chi connectivity index (χ2n) is 8.76. The molecule has 1 atom stereocenters. The van der Waals surface area contributed by atoms with Gasteiger partial charge in [0.25, 0.3) is 5.91 Å². The van der Waals surface area contributed by atoms with E-state index < -0.39 is 6.09 Å². The van der Waals surface area contributed by atoms with Gasteiger partial charge in [0.15, 0.2) is 5.82 Å². The molecule has 1 saturated heterocycles. The lowest BCUT2D eigenvalue weighted by molar-refractivity contribution is 0.0692. The molecule has 5 rings (SSSR count). The van der Waals surface area contributed by atoms with E-state index in [0.29, 0.717) is 18.7 Å². The number of rotatable bonds is 5. The van der Waals surface area contributed by atoms with Gasteiger partial charge in [-0.25, -0.2) is 9.78 Å². The summed E-state index contributed by atoms with van der Waals surface area (Å²) < 4.78 is 4.47. The van der Waals surface area contributed by atoms with E-state index in [2.05, 4.69) is 52.6 Å². The van der Waals surface area contributed by atoms with Gasteiger partial charge in [-0.05, 0) is 57.0 Å². The summed E-state index contributed by atoms with van der Waals surface area (Å²) in [5.74, 6) is 0.804. The van der Waals surface area contributed by atoms with Crippen molar-refractivity contribution in [1.82, 2.24) is 24.3 Å². The van der Waals surface area contributed by atoms with Gasteiger partial charge in [0.05, 0.1) is 16.7 Å². The van der Waals surface area contributed by atoms with E-state index in [1.165, 1.54) is 10.9 Å². The zero-order valence-corrected chi connectivity index (χ0v) is 19.5. The summed E-state index contributed by atoms with van der Waals surface area (Å²) in [5.41, 5.74) is 4.60. The predicted octanol–water partition coefficient (Wildman–Crippen LogP) is 4.57. The summed E-state index contributed by atoms with van der Waals surface area (Å²) in [7, 11) is 0. The molecule has 8 heteroatoms. The highest BCUT2D eigenvalue weighted by atomic mass is 16.4. The van der Waals surface area contributed by atoms with Gasteiger partial charge in [-0.15, -0.1) is 0 Å². The van der Waals surface area contributed by atoms with Crippen LogP contribution in [0.4, 0.5) is 4.79 Å². The first-order chi connectivity index (χ1) is 16.5. The van der Waals surface area contributed by atoms with Crippen LogP contribution in [0.5, 0.6) is 0 Å². The summed E-state index contributed by atoms with van der Waals surface area (Å²) in [4.78, 5) is 31.0. The number of para-hydroxylation sites is 1. The standard InChI is InChI=1S/C26H29N5O3/c1-3-30-21-10-6-5-8-17(21)15-23(30)24-28-20-14-18(11-12-22(20)31(24)4-2)25(32)29-13-7-9-19(16-29)27-26(33)34/h5-6,8,10-12,14-15,19,27H,3-4,7,9,13,16H2,1-2H3,(H,33,34). The van der Waals surface area contributed by atoms with E-state index in [-0.39, 0.29) is 11.9 Å². The molecule has 0 saturated carbocycles. The van der Waals surface area contributed by atoms with Crippen LogP contribution in [0.25, 0.3) is 33.5 Å². The number of amides is 2. The molecule has 0 spiro atoms. The highest BCUT2D eigenvalue weighted by Crippen LogP contribution is 2.31. The molecule has 2 amide bonds. The van der Waals surface area contributed by atoms with E-state index in [1.54, 1.807) is 4.90 Å². The molecule has 176 valence electrons. The smallest absolute Gasteiger partial charge is 0.404 e. The zero-order chi connectivity index (χ0) is 23.8. The number of hydrogen-bond donors (Lipinski definition) is 2. The quantitative estimate of drug-likeness (QED) is 0.457. The molecule has 3 heterocycles. The third-order valence-electron chi connectivity index (χ3n) is 6.70. The maximum absolute atomic E-state index is 13.2. The first-order valence-corrected chi connectivity index (χ1v) is 11.9. The van der Waals surface area contributed by atoms with Gasteiger partial charge in [-0.1, -0.05) is 18.2 Å². The monoisotopic (exact) mass is 459 g/mol. The molecule has 8 nitrogen and oxygen atoms in total. The van der Waals surface area contributed by atoms with Gasteiger partial charge in [-0.2, -0.15) is 0 Å². The maximum atomic E-state index is 13.2. The second kappa shape index (κ2) is 8.85. The van der Waals surface area contributed by atoms with Gasteiger partial charge in [-0.3, -0.25) is 4.79 Å². The lowest BCUT2D eigenvalue weighted by atomic mass is 10.0. The largest absolute Gasteiger partial charge is 0.465 e. The number of benzene rings is 2. The van der Waals surface area contributed by atoms with Crippen molar-refractivity contribution in [3.05, 3.63) is 54.1 Å². The van der Waals surface area contributed by atoms with Gasteiger partial charge in [0.2, 0.25) is 0 Å². The van der Waals surface area contributed by atoms with Gasteiger partial charge < -0.3 is 24.5 Å². The number of nitrogens with one attached hydrogen (secondary N) is 1. The minimum Gasteiger partial charge on any atom is -0.465 e. The molecular formula is C26H29N5O3. The molecule has 0 radical (unpaired) electrons. The number of hydrogen-bond acceptors (Lipinski definition) is 3. The Labute approximate surface area is 197 Å². The normalized spacial score (nSPS) is 16.3. The summed E-state index contributed by atoms with van der Waals surface area (Å²) in [6, 6.07) is 16.0. The topological polar surface area (TPSA) is 92.4 Å². The summed E-state index contributed by atoms with van der Waals surface area (Å²) in [6.07, 6.45) is 0.461. The summed E-state index contributed by atoms with van der Waals surface area (Å²) >= 11 is 0. The van der Waals surface area contributed by atoms with Crippen molar-refractivity contribution < 1.29 is 14.7 Å². The number of aryl methyl sites for hydroxylation is 2. The predicted molar refractivity (Wildman–Crippen MR) is 132 cm³/mol. The van der Waals surface area contributed by atoms with Crippen LogP contribution < -0.4 is 5.32 Å². The maximum Gasteiger partial charge on any atom is 0.404 e. The number of nitrogens with zero attached hydrogens (tertiary/aromatic N) is 4. The highest BCUT2D eigenvalue weighted by molar-refractivity contribution is 5.98. The van der Waals surface area contributed by atoms with Crippen molar-refractivity contribution in [1.29, 1.82) is 0 Å². The molecule has 1 aliphatic rings. The number of fused-ring (bicyclic) bond motifs is 2. The van der Waals surface area contributed by atoms with Crippen LogP contribution in [0.1, 0.15) is 37.0 Å². The molecule has 1 fully saturated rings. The molecule has 4 aromatic rings. The Morgan fingerprint density at radius 1 is 1.06 bits per heavy atom. The van der Waals surface area contributed by atoms with Crippen LogP contribution in [0, 0.1) is 0 Å². The number of carbonyl (C=O) groups is 2. The van der Waals surface area contributed by atoms with Crippen molar-refractivity contribution in [3.63, 3.8) is 0 Å². The summed E-state index contributed by atoms with van der Waals surface area (Å²) in [6.45, 7) is 6.84. The Morgan fingerprint density at radius 2 is 1.85 bits per heavy atom. The van der Waals surface area contributed by atoms with Gasteiger partial charge >= 0.3 is 6.09 Å². The van der Waals surface area contributed by atoms with Crippen molar-refractivity contribution in [2.75, 3.05) is 13.1 Å². The minimum atomic E-state index is -1.05. The Balaban J connectivity index is 1.52. The molecule has 2 aromatic carbocycles. The SMILES string of the molecule is CCn1c(-c2nc3cc(C(=O)N4CCCC(NC(=O)O)C4)ccc3n2CC)cc2ccccc21. The van der Waals surface area contributed by atoms with Crippen molar-refractivity contribution >= 4 is 33.9 Å². The molecule has 1 aliphatic heterocycles. The average molecular weight is 460 g/mol. The van der Waals surface area contributed by atoms with Crippen LogP contribution in [0.2, 0.25) is 0 Å². The molecule has 2 N–H and O–H groups in total. The molecular weight excluding hydrogens is 430 g/mol. The fourth-order valence-electron chi connectivity index (χ4n) is 5.15. The van der Waals surface area contributed by atoms with E-state index in [0.717, 1.165) is 48.5 Å². The fourth-order valence-corrected chi connectivity index (χ4v) is 5.15. The number of likely N-dealkylation sites (tertiary alicyclic amines) is 1. The molecule has 0 aliphatic carbocycles. The average Bonchev–Trinajstić information content (AvgIpc) is 3.40. The minimum absolute atomic E-state index is 0.0888. The third kappa shape index (κ3) is 3.79. The van der Waals surface area contributed by atoms with E-state index in [9.17, 15) is 9.59 Å². The van der Waals surface area contributed by atoms with Crippen LogP contribution in [-0.2, 0) is 13.1 Å². The Hall–Kier alpha value is -3.81. The van der Waals surface area contributed by atoms with E-state index in [1.807, 2.05) is 24.3 Å². The highest BCUT2D eigenvalue weighted by Gasteiger charge is 2.26. The fraction of sp³-hybridized carbons (Fsp3) is 0.346. The first-order valence-electron chi connectivity index (χ1n) is 11.9. The van der Waals surface area contributed by atoms with Crippen molar-refractivity contribution in [2.45, 2.75) is 45.8 Å². The molecule has 34 heavy (non-hydrogen) atoms. The van der Waals surface area contributed by atoms with E-state index >= 15 is 0 Å². The number of carboxylic acid groups (broad SMARTS) is 1. The van der Waals surface area contributed by atoms with Crippen LogP contribution >= 0.6 is 0 Å². The number of imidazole rings is 1. The number of piperidine rings is 1. The first kappa shape index (κ1) is 22.0. The molecule has 0 bridgehead atoms. The Morgan fingerprint density at radius 3 is 2.62 bits per heavy atom. The molecule has 2 aromatic heterocycles. The number of aromatic nitrogens is 3. The summed E-state index contributed by atoms with van der Waals surface area (Å²) in [5, 5.41) is 12.7. The lowest BCUT2D eigenvalue weighted by Gasteiger charge is -2.32. The second-order valence-corrected chi connectivity index (χ2v) is 8.76. The van der Waals surface area contributed by atoms with Crippen LogP contribution in [-0.4, -0.2) is 55.3 Å². The van der Waals surface area contributed by atoms with Crippen molar-refractivity contribution in [2.24, 2.45) is 0 Å². The van der Waals surface area contributed by atoms with Crippen molar-refractivity contribution in [3.8, 4) is 11.5 Å². The zero-order valence-electron chi connectivity index (χ0n) is 19.5. The Bertz CT molecular complexity index is 1390. The third-order valence-corrected chi connectivity index (χ3v) is 6.70. The van der Waals surface area contributed by atoms with Gasteiger partial charge in [0, 0.05) is 48.7 Å². The van der Waals surface area contributed by atoms with Crippen LogP contribution in [0.3, 0.4) is 0 Å². The molecule has 1 unspecified atom stereocenters. The lowest BCUT2D eigenvalue weighted by Crippen LogP contribution is -2.49. The number of carbonyl (C=O) groups excluding carboxylic acids is 1. The van der Waals surface area contributed by atoms with Gasteiger partial charge in [0.1, 0.15) is 0 Å².